The summed E-state index contributed by atoms with van der Waals surface area (Å²) >= 11 is 1.68. The molecular formula is C14H18N2OS. The van der Waals surface area contributed by atoms with E-state index in [4.69, 9.17) is 10.5 Å². The Morgan fingerprint density at radius 3 is 2.44 bits per heavy atom. The molecule has 0 amide bonds. The Hall–Kier alpha value is -1.39. The van der Waals surface area contributed by atoms with Crippen LogP contribution in [-0.4, -0.2) is 11.6 Å². The van der Waals surface area contributed by atoms with Crippen molar-refractivity contribution in [2.75, 3.05) is 6.61 Å². The number of rotatable bonds is 5. The van der Waals surface area contributed by atoms with E-state index in [1.54, 1.807) is 11.3 Å². The van der Waals surface area contributed by atoms with Crippen molar-refractivity contribution in [3.8, 4) is 16.3 Å². The molecule has 0 bridgehead atoms. The van der Waals surface area contributed by atoms with Gasteiger partial charge in [0, 0.05) is 17.0 Å². The SMILES string of the molecule is CCOc1ccc(-c2nc(CC)c(CN)s2)cc1. The molecule has 4 heteroatoms. The number of benzene rings is 1. The summed E-state index contributed by atoms with van der Waals surface area (Å²) in [6.07, 6.45) is 0.931. The van der Waals surface area contributed by atoms with Crippen molar-refractivity contribution in [1.82, 2.24) is 4.98 Å². The van der Waals surface area contributed by atoms with Crippen LogP contribution in [0.3, 0.4) is 0 Å². The number of hydrogen-bond acceptors (Lipinski definition) is 4. The van der Waals surface area contributed by atoms with Crippen molar-refractivity contribution in [2.24, 2.45) is 5.73 Å². The first kappa shape index (κ1) is 13.1. The number of ether oxygens (including phenoxy) is 1. The lowest BCUT2D eigenvalue weighted by atomic mass is 10.2. The van der Waals surface area contributed by atoms with Gasteiger partial charge in [-0.3, -0.25) is 0 Å². The molecule has 0 fully saturated rings. The second-order valence-electron chi connectivity index (χ2n) is 3.90. The fraction of sp³-hybridized carbons (Fsp3) is 0.357. The fourth-order valence-electron chi connectivity index (χ4n) is 1.80. The molecule has 0 aliphatic carbocycles. The molecule has 0 spiro atoms. The molecule has 0 atom stereocenters. The Labute approximate surface area is 112 Å². The molecule has 2 rings (SSSR count). The third-order valence-electron chi connectivity index (χ3n) is 2.71. The highest BCUT2D eigenvalue weighted by Crippen LogP contribution is 2.29. The normalized spacial score (nSPS) is 10.6. The maximum absolute atomic E-state index is 5.73. The van der Waals surface area contributed by atoms with Gasteiger partial charge in [0.1, 0.15) is 10.8 Å². The van der Waals surface area contributed by atoms with Gasteiger partial charge in [0.05, 0.1) is 12.3 Å². The standard InChI is InChI=1S/C14H18N2OS/c1-3-12-13(9-15)18-14(16-12)10-5-7-11(8-6-10)17-4-2/h5-8H,3-4,9,15H2,1-2H3. The summed E-state index contributed by atoms with van der Waals surface area (Å²) in [6.45, 7) is 5.34. The average Bonchev–Trinajstić information content (AvgIpc) is 2.83. The molecule has 0 radical (unpaired) electrons. The first-order chi connectivity index (χ1) is 8.78. The lowest BCUT2D eigenvalue weighted by Gasteiger charge is -2.02. The van der Waals surface area contributed by atoms with Gasteiger partial charge in [-0.05, 0) is 37.6 Å². The highest BCUT2D eigenvalue weighted by molar-refractivity contribution is 7.15. The molecule has 0 saturated heterocycles. The summed E-state index contributed by atoms with van der Waals surface area (Å²) in [6, 6.07) is 8.05. The van der Waals surface area contributed by atoms with Crippen molar-refractivity contribution in [1.29, 1.82) is 0 Å². The lowest BCUT2D eigenvalue weighted by Crippen LogP contribution is -1.96. The third kappa shape index (κ3) is 2.71. The molecule has 1 aromatic heterocycles. The van der Waals surface area contributed by atoms with Crippen LogP contribution in [0.1, 0.15) is 24.4 Å². The van der Waals surface area contributed by atoms with Gasteiger partial charge in [0.25, 0.3) is 0 Å². The molecular weight excluding hydrogens is 244 g/mol. The summed E-state index contributed by atoms with van der Waals surface area (Å²) in [4.78, 5) is 5.82. The van der Waals surface area contributed by atoms with E-state index in [1.807, 2.05) is 31.2 Å². The van der Waals surface area contributed by atoms with Crippen molar-refractivity contribution in [3.05, 3.63) is 34.8 Å². The summed E-state index contributed by atoms with van der Waals surface area (Å²) in [5.74, 6) is 0.896. The summed E-state index contributed by atoms with van der Waals surface area (Å²) in [5, 5.41) is 1.04. The van der Waals surface area contributed by atoms with Crippen LogP contribution in [0.15, 0.2) is 24.3 Å². The lowest BCUT2D eigenvalue weighted by molar-refractivity contribution is 0.340. The van der Waals surface area contributed by atoms with Crippen molar-refractivity contribution < 1.29 is 4.74 Å². The highest BCUT2D eigenvalue weighted by atomic mass is 32.1. The van der Waals surface area contributed by atoms with Gasteiger partial charge < -0.3 is 10.5 Å². The van der Waals surface area contributed by atoms with Gasteiger partial charge in [-0.1, -0.05) is 6.92 Å². The van der Waals surface area contributed by atoms with Gasteiger partial charge in [0.2, 0.25) is 0 Å². The van der Waals surface area contributed by atoms with Gasteiger partial charge in [0.15, 0.2) is 0 Å². The van der Waals surface area contributed by atoms with E-state index in [0.29, 0.717) is 13.2 Å². The monoisotopic (exact) mass is 262 g/mol. The van der Waals surface area contributed by atoms with E-state index in [2.05, 4.69) is 11.9 Å². The quantitative estimate of drug-likeness (QED) is 0.900. The minimum absolute atomic E-state index is 0.567. The van der Waals surface area contributed by atoms with E-state index >= 15 is 0 Å². The van der Waals surface area contributed by atoms with Gasteiger partial charge in [-0.15, -0.1) is 11.3 Å². The Morgan fingerprint density at radius 1 is 1.22 bits per heavy atom. The van der Waals surface area contributed by atoms with Crippen molar-refractivity contribution in [2.45, 2.75) is 26.8 Å². The van der Waals surface area contributed by atoms with Gasteiger partial charge >= 0.3 is 0 Å². The molecule has 0 unspecified atom stereocenters. The third-order valence-corrected chi connectivity index (χ3v) is 3.88. The average molecular weight is 262 g/mol. The molecule has 2 N–H and O–H groups in total. The fourth-order valence-corrected chi connectivity index (χ4v) is 2.84. The second kappa shape index (κ2) is 5.98. The zero-order valence-electron chi connectivity index (χ0n) is 10.8. The Kier molecular flexibility index (Phi) is 4.33. The number of thiazole rings is 1. The summed E-state index contributed by atoms with van der Waals surface area (Å²) in [5.41, 5.74) is 7.97. The number of nitrogens with two attached hydrogens (primary N) is 1. The molecule has 0 saturated carbocycles. The Morgan fingerprint density at radius 2 is 1.94 bits per heavy atom. The number of hydrogen-bond donors (Lipinski definition) is 1. The van der Waals surface area contributed by atoms with E-state index < -0.39 is 0 Å². The summed E-state index contributed by atoms with van der Waals surface area (Å²) in [7, 11) is 0. The molecule has 0 aliphatic heterocycles. The first-order valence-corrected chi connectivity index (χ1v) is 7.02. The molecule has 1 heterocycles. The van der Waals surface area contributed by atoms with Crippen molar-refractivity contribution in [3.63, 3.8) is 0 Å². The zero-order chi connectivity index (χ0) is 13.0. The van der Waals surface area contributed by atoms with Crippen LogP contribution < -0.4 is 10.5 Å². The predicted molar refractivity (Wildman–Crippen MR) is 76.0 cm³/mol. The van der Waals surface area contributed by atoms with Crippen LogP contribution in [0, 0.1) is 0 Å². The molecule has 96 valence electrons. The maximum Gasteiger partial charge on any atom is 0.123 e. The first-order valence-electron chi connectivity index (χ1n) is 6.20. The van der Waals surface area contributed by atoms with Gasteiger partial charge in [-0.25, -0.2) is 4.98 Å². The maximum atomic E-state index is 5.73. The molecule has 3 nitrogen and oxygen atoms in total. The van der Waals surface area contributed by atoms with Crippen LogP contribution in [0.4, 0.5) is 0 Å². The molecule has 2 aromatic rings. The number of aryl methyl sites for hydroxylation is 1. The van der Waals surface area contributed by atoms with E-state index in [-0.39, 0.29) is 0 Å². The molecule has 18 heavy (non-hydrogen) atoms. The van der Waals surface area contributed by atoms with Crippen LogP contribution in [-0.2, 0) is 13.0 Å². The van der Waals surface area contributed by atoms with E-state index in [9.17, 15) is 0 Å². The topological polar surface area (TPSA) is 48.1 Å². The van der Waals surface area contributed by atoms with E-state index in [1.165, 1.54) is 4.88 Å². The Balaban J connectivity index is 2.27. The largest absolute Gasteiger partial charge is 0.494 e. The van der Waals surface area contributed by atoms with Crippen LogP contribution in [0.2, 0.25) is 0 Å². The second-order valence-corrected chi connectivity index (χ2v) is 4.99. The van der Waals surface area contributed by atoms with Crippen molar-refractivity contribution >= 4 is 11.3 Å². The minimum atomic E-state index is 0.567. The minimum Gasteiger partial charge on any atom is -0.494 e. The number of nitrogens with zero attached hydrogens (tertiary/aromatic N) is 1. The van der Waals surface area contributed by atoms with Crippen LogP contribution in [0.5, 0.6) is 5.75 Å². The molecule has 0 aliphatic rings. The Bertz CT molecular complexity index is 484. The molecule has 1 aromatic carbocycles. The zero-order valence-corrected chi connectivity index (χ0v) is 11.6. The van der Waals surface area contributed by atoms with Crippen LogP contribution in [0.25, 0.3) is 10.6 Å². The number of aromatic nitrogens is 1. The van der Waals surface area contributed by atoms with Gasteiger partial charge in [-0.2, -0.15) is 0 Å². The predicted octanol–water partition coefficient (Wildman–Crippen LogP) is 3.23. The summed E-state index contributed by atoms with van der Waals surface area (Å²) < 4.78 is 5.43. The highest BCUT2D eigenvalue weighted by Gasteiger charge is 2.09. The smallest absolute Gasteiger partial charge is 0.123 e. The van der Waals surface area contributed by atoms with E-state index in [0.717, 1.165) is 28.4 Å². The van der Waals surface area contributed by atoms with Crippen LogP contribution >= 0.6 is 11.3 Å².